The molecule has 0 radical (unpaired) electrons. The average molecular weight is 344 g/mol. The van der Waals surface area contributed by atoms with Gasteiger partial charge in [-0.05, 0) is 30.5 Å². The highest BCUT2D eigenvalue weighted by molar-refractivity contribution is 6.30. The number of benzene rings is 2. The van der Waals surface area contributed by atoms with Gasteiger partial charge in [0.25, 0.3) is 0 Å². The summed E-state index contributed by atoms with van der Waals surface area (Å²) < 4.78 is 0. The SMILES string of the molecule is O=C(CC1(O)CCN(Cc2ccc(Cl)cc2)CC1)c1ccccc1. The summed E-state index contributed by atoms with van der Waals surface area (Å²) in [6, 6.07) is 17.1. The lowest BCUT2D eigenvalue weighted by Crippen LogP contribution is -2.45. The van der Waals surface area contributed by atoms with Crippen LogP contribution in [0.1, 0.15) is 35.2 Å². The van der Waals surface area contributed by atoms with E-state index in [0.29, 0.717) is 18.4 Å². The number of halogens is 1. The number of nitrogens with zero attached hydrogens (tertiary/aromatic N) is 1. The van der Waals surface area contributed by atoms with E-state index >= 15 is 0 Å². The number of aliphatic hydroxyl groups is 1. The standard InChI is InChI=1S/C20H22ClNO2/c21-18-8-6-16(7-9-18)15-22-12-10-20(24,11-13-22)14-19(23)17-4-2-1-3-5-17/h1-9,24H,10-15H2. The molecule has 1 heterocycles. The molecule has 2 aromatic rings. The second-order valence-electron chi connectivity index (χ2n) is 6.59. The van der Waals surface area contributed by atoms with Crippen LogP contribution in [0, 0.1) is 0 Å². The zero-order valence-electron chi connectivity index (χ0n) is 13.6. The highest BCUT2D eigenvalue weighted by atomic mass is 35.5. The van der Waals surface area contributed by atoms with Gasteiger partial charge in [-0.1, -0.05) is 54.1 Å². The van der Waals surface area contributed by atoms with Crippen LogP contribution < -0.4 is 0 Å². The van der Waals surface area contributed by atoms with Gasteiger partial charge in [-0.25, -0.2) is 0 Å². The summed E-state index contributed by atoms with van der Waals surface area (Å²) in [7, 11) is 0. The molecule has 1 aliphatic heterocycles. The smallest absolute Gasteiger partial charge is 0.165 e. The first kappa shape index (κ1) is 17.2. The number of carbonyl (C=O) groups is 1. The van der Waals surface area contributed by atoms with Crippen LogP contribution in [-0.4, -0.2) is 34.5 Å². The Kier molecular flexibility index (Phi) is 5.34. The van der Waals surface area contributed by atoms with Gasteiger partial charge in [-0.3, -0.25) is 9.69 Å². The van der Waals surface area contributed by atoms with Crippen molar-refractivity contribution in [2.24, 2.45) is 0 Å². The third-order valence-corrected chi connectivity index (χ3v) is 4.94. The predicted molar refractivity (Wildman–Crippen MR) is 96.3 cm³/mol. The minimum atomic E-state index is -0.885. The zero-order valence-corrected chi connectivity index (χ0v) is 14.4. The van der Waals surface area contributed by atoms with Crippen molar-refractivity contribution in [1.82, 2.24) is 4.90 Å². The van der Waals surface area contributed by atoms with Crippen LogP contribution in [0.2, 0.25) is 5.02 Å². The van der Waals surface area contributed by atoms with Gasteiger partial charge in [0.15, 0.2) is 5.78 Å². The monoisotopic (exact) mass is 343 g/mol. The second-order valence-corrected chi connectivity index (χ2v) is 7.03. The molecule has 1 fully saturated rings. The van der Waals surface area contributed by atoms with Crippen LogP contribution in [0.3, 0.4) is 0 Å². The van der Waals surface area contributed by atoms with Gasteiger partial charge < -0.3 is 5.11 Å². The molecule has 1 N–H and O–H groups in total. The molecule has 1 aliphatic rings. The van der Waals surface area contributed by atoms with Crippen LogP contribution in [0.25, 0.3) is 0 Å². The van der Waals surface area contributed by atoms with E-state index in [-0.39, 0.29) is 12.2 Å². The minimum absolute atomic E-state index is 0.0178. The number of hydrogen-bond acceptors (Lipinski definition) is 3. The lowest BCUT2D eigenvalue weighted by atomic mass is 9.85. The Morgan fingerprint density at radius 1 is 1.04 bits per heavy atom. The zero-order chi connectivity index (χ0) is 17.0. The molecule has 0 bridgehead atoms. The number of Topliss-reactive ketones (excluding diaryl/α,β-unsaturated/α-hetero) is 1. The topological polar surface area (TPSA) is 40.5 Å². The molecule has 2 aromatic carbocycles. The molecule has 0 unspecified atom stereocenters. The number of likely N-dealkylation sites (tertiary alicyclic amines) is 1. The highest BCUT2D eigenvalue weighted by Crippen LogP contribution is 2.28. The molecule has 3 nitrogen and oxygen atoms in total. The number of hydrogen-bond donors (Lipinski definition) is 1. The summed E-state index contributed by atoms with van der Waals surface area (Å²) in [6.07, 6.45) is 1.45. The molecule has 3 rings (SSSR count). The van der Waals surface area contributed by atoms with Gasteiger partial charge in [0.1, 0.15) is 0 Å². The maximum Gasteiger partial charge on any atom is 0.165 e. The summed E-state index contributed by atoms with van der Waals surface area (Å²) in [5, 5.41) is 11.5. The van der Waals surface area contributed by atoms with Crippen molar-refractivity contribution in [1.29, 1.82) is 0 Å². The molecule has 0 amide bonds. The summed E-state index contributed by atoms with van der Waals surface area (Å²) in [5.74, 6) is 0.0178. The Labute approximate surface area is 147 Å². The third kappa shape index (κ3) is 4.44. The first-order chi connectivity index (χ1) is 11.5. The van der Waals surface area contributed by atoms with Crippen molar-refractivity contribution < 1.29 is 9.90 Å². The van der Waals surface area contributed by atoms with E-state index in [1.807, 2.05) is 42.5 Å². The lowest BCUT2D eigenvalue weighted by Gasteiger charge is -2.38. The summed E-state index contributed by atoms with van der Waals surface area (Å²) in [6.45, 7) is 2.43. The van der Waals surface area contributed by atoms with Crippen molar-refractivity contribution in [2.75, 3.05) is 13.1 Å². The molecule has 0 aromatic heterocycles. The number of ketones is 1. The fourth-order valence-corrected chi connectivity index (χ4v) is 3.30. The van der Waals surface area contributed by atoms with Gasteiger partial charge in [0.05, 0.1) is 5.60 Å². The predicted octanol–water partition coefficient (Wildman–Crippen LogP) is 3.94. The normalized spacial score (nSPS) is 17.6. The van der Waals surface area contributed by atoms with Crippen LogP contribution >= 0.6 is 11.6 Å². The molecular weight excluding hydrogens is 322 g/mol. The van der Waals surface area contributed by atoms with Gasteiger partial charge in [0, 0.05) is 36.6 Å². The fraction of sp³-hybridized carbons (Fsp3) is 0.350. The molecule has 1 saturated heterocycles. The molecule has 0 atom stereocenters. The Morgan fingerprint density at radius 2 is 1.67 bits per heavy atom. The second kappa shape index (κ2) is 7.47. The van der Waals surface area contributed by atoms with Crippen molar-refractivity contribution in [3.63, 3.8) is 0 Å². The molecule has 0 aliphatic carbocycles. The quantitative estimate of drug-likeness (QED) is 0.836. The Hall–Kier alpha value is -1.68. The Morgan fingerprint density at radius 3 is 2.29 bits per heavy atom. The van der Waals surface area contributed by atoms with E-state index in [0.717, 1.165) is 24.7 Å². The van der Waals surface area contributed by atoms with Gasteiger partial charge in [0.2, 0.25) is 0 Å². The molecule has 4 heteroatoms. The van der Waals surface area contributed by atoms with Gasteiger partial charge >= 0.3 is 0 Å². The van der Waals surface area contributed by atoms with E-state index in [9.17, 15) is 9.90 Å². The van der Waals surface area contributed by atoms with Gasteiger partial charge in [-0.2, -0.15) is 0 Å². The first-order valence-corrected chi connectivity index (χ1v) is 8.69. The van der Waals surface area contributed by atoms with Gasteiger partial charge in [-0.15, -0.1) is 0 Å². The minimum Gasteiger partial charge on any atom is -0.389 e. The molecule has 0 saturated carbocycles. The maximum atomic E-state index is 12.3. The lowest BCUT2D eigenvalue weighted by molar-refractivity contribution is -0.0241. The highest BCUT2D eigenvalue weighted by Gasteiger charge is 2.34. The summed E-state index contributed by atoms with van der Waals surface area (Å²) in [4.78, 5) is 14.6. The van der Waals surface area contributed by atoms with Crippen molar-refractivity contribution >= 4 is 17.4 Å². The molecule has 0 spiro atoms. The molecular formula is C20H22ClNO2. The summed E-state index contributed by atoms with van der Waals surface area (Å²) in [5.41, 5.74) is 1.00. The van der Waals surface area contributed by atoms with Crippen LogP contribution in [-0.2, 0) is 6.54 Å². The molecule has 24 heavy (non-hydrogen) atoms. The van der Waals surface area contributed by atoms with Crippen LogP contribution in [0.4, 0.5) is 0 Å². The van der Waals surface area contributed by atoms with Crippen molar-refractivity contribution in [3.8, 4) is 0 Å². The van der Waals surface area contributed by atoms with E-state index in [1.165, 1.54) is 5.56 Å². The Bertz CT molecular complexity index is 677. The van der Waals surface area contributed by atoms with Crippen LogP contribution in [0.5, 0.6) is 0 Å². The van der Waals surface area contributed by atoms with E-state index < -0.39 is 5.60 Å². The number of rotatable bonds is 5. The first-order valence-electron chi connectivity index (χ1n) is 8.32. The third-order valence-electron chi connectivity index (χ3n) is 4.69. The number of piperidine rings is 1. The largest absolute Gasteiger partial charge is 0.389 e. The van der Waals surface area contributed by atoms with E-state index in [2.05, 4.69) is 4.90 Å². The van der Waals surface area contributed by atoms with Crippen molar-refractivity contribution in [3.05, 3.63) is 70.7 Å². The summed E-state index contributed by atoms with van der Waals surface area (Å²) >= 11 is 5.91. The average Bonchev–Trinajstić information content (AvgIpc) is 2.60. The van der Waals surface area contributed by atoms with E-state index in [4.69, 9.17) is 11.6 Å². The van der Waals surface area contributed by atoms with E-state index in [1.54, 1.807) is 12.1 Å². The number of carbonyl (C=O) groups excluding carboxylic acids is 1. The molecule has 126 valence electrons. The van der Waals surface area contributed by atoms with Crippen molar-refractivity contribution in [2.45, 2.75) is 31.4 Å². The Balaban J connectivity index is 1.53. The fourth-order valence-electron chi connectivity index (χ4n) is 3.18. The van der Waals surface area contributed by atoms with Crippen LogP contribution in [0.15, 0.2) is 54.6 Å². The maximum absolute atomic E-state index is 12.3.